The first-order valence-corrected chi connectivity index (χ1v) is 6.20. The molecule has 0 saturated carbocycles. The van der Waals surface area contributed by atoms with E-state index in [0.717, 1.165) is 19.6 Å². The summed E-state index contributed by atoms with van der Waals surface area (Å²) in [4.78, 5) is 0. The van der Waals surface area contributed by atoms with Gasteiger partial charge in [-0.15, -0.1) is 0 Å². The largest absolute Gasteiger partial charge is 0.382 e. The van der Waals surface area contributed by atoms with Crippen molar-refractivity contribution < 1.29 is 9.47 Å². The maximum absolute atomic E-state index is 5.80. The molecule has 16 heavy (non-hydrogen) atoms. The molecule has 0 aliphatic rings. The predicted octanol–water partition coefficient (Wildman–Crippen LogP) is 2.45. The second-order valence-electron chi connectivity index (χ2n) is 5.76. The topological polar surface area (TPSA) is 30.5 Å². The van der Waals surface area contributed by atoms with Crippen molar-refractivity contribution in [3.05, 3.63) is 0 Å². The summed E-state index contributed by atoms with van der Waals surface area (Å²) >= 11 is 0. The van der Waals surface area contributed by atoms with Gasteiger partial charge in [0.2, 0.25) is 0 Å². The van der Waals surface area contributed by atoms with Crippen molar-refractivity contribution >= 4 is 0 Å². The molecule has 3 nitrogen and oxygen atoms in total. The second-order valence-corrected chi connectivity index (χ2v) is 5.76. The van der Waals surface area contributed by atoms with Crippen molar-refractivity contribution in [1.29, 1.82) is 0 Å². The molecule has 0 aliphatic carbocycles. The predicted molar refractivity (Wildman–Crippen MR) is 68.8 cm³/mol. The molecule has 98 valence electrons. The Morgan fingerprint density at radius 2 is 1.81 bits per heavy atom. The van der Waals surface area contributed by atoms with E-state index in [1.807, 2.05) is 0 Å². The summed E-state index contributed by atoms with van der Waals surface area (Å²) in [5.41, 5.74) is 0.132. The summed E-state index contributed by atoms with van der Waals surface area (Å²) in [5, 5.41) is 3.44. The maximum Gasteiger partial charge on any atom is 0.0932 e. The van der Waals surface area contributed by atoms with Gasteiger partial charge >= 0.3 is 0 Å². The third-order valence-corrected chi connectivity index (χ3v) is 2.26. The molecule has 0 fully saturated rings. The zero-order chi connectivity index (χ0) is 12.6. The standard InChI is InChI=1S/C13H29NO2/c1-11(2)7-8-16-12(10-15-6)9-14-13(3,4)5/h11-12,14H,7-10H2,1-6H3. The molecule has 0 aromatic carbocycles. The fourth-order valence-electron chi connectivity index (χ4n) is 1.24. The van der Waals surface area contributed by atoms with E-state index in [9.17, 15) is 0 Å². The first-order chi connectivity index (χ1) is 7.35. The number of ether oxygens (including phenoxy) is 2. The summed E-state index contributed by atoms with van der Waals surface area (Å²) < 4.78 is 11.0. The van der Waals surface area contributed by atoms with Crippen molar-refractivity contribution in [3.8, 4) is 0 Å². The van der Waals surface area contributed by atoms with E-state index in [1.54, 1.807) is 7.11 Å². The third-order valence-electron chi connectivity index (χ3n) is 2.26. The van der Waals surface area contributed by atoms with Crippen LogP contribution in [0.4, 0.5) is 0 Å². The lowest BCUT2D eigenvalue weighted by molar-refractivity contribution is -0.00749. The molecule has 0 bridgehead atoms. The van der Waals surface area contributed by atoms with Crippen LogP contribution in [-0.2, 0) is 9.47 Å². The van der Waals surface area contributed by atoms with Gasteiger partial charge in [0.15, 0.2) is 0 Å². The zero-order valence-corrected chi connectivity index (χ0v) is 11.8. The number of rotatable bonds is 8. The molecule has 1 atom stereocenters. The number of hydrogen-bond donors (Lipinski definition) is 1. The van der Waals surface area contributed by atoms with E-state index in [2.05, 4.69) is 39.9 Å². The van der Waals surface area contributed by atoms with Crippen molar-refractivity contribution in [2.24, 2.45) is 5.92 Å². The summed E-state index contributed by atoms with van der Waals surface area (Å²) in [5.74, 6) is 0.693. The van der Waals surface area contributed by atoms with Crippen LogP contribution < -0.4 is 5.32 Å². The van der Waals surface area contributed by atoms with Gasteiger partial charge in [-0.25, -0.2) is 0 Å². The van der Waals surface area contributed by atoms with Crippen molar-refractivity contribution in [1.82, 2.24) is 5.32 Å². The SMILES string of the molecule is COCC(CNC(C)(C)C)OCCC(C)C. The van der Waals surface area contributed by atoms with E-state index in [1.165, 1.54) is 0 Å². The van der Waals surface area contributed by atoms with E-state index in [4.69, 9.17) is 9.47 Å². The summed E-state index contributed by atoms with van der Waals surface area (Å²) in [6.45, 7) is 13.2. The van der Waals surface area contributed by atoms with Crippen LogP contribution in [0.5, 0.6) is 0 Å². The molecular weight excluding hydrogens is 202 g/mol. The van der Waals surface area contributed by atoms with E-state index < -0.39 is 0 Å². The third kappa shape index (κ3) is 10.4. The minimum atomic E-state index is 0.132. The lowest BCUT2D eigenvalue weighted by Crippen LogP contribution is -2.43. The van der Waals surface area contributed by atoms with Crippen LogP contribution in [0, 0.1) is 5.92 Å². The molecule has 0 aromatic heterocycles. The van der Waals surface area contributed by atoms with E-state index >= 15 is 0 Å². The Labute approximate surface area is 101 Å². The Bertz CT molecular complexity index is 164. The normalized spacial score (nSPS) is 14.4. The number of nitrogens with one attached hydrogen (secondary N) is 1. The number of hydrogen-bond acceptors (Lipinski definition) is 3. The van der Waals surface area contributed by atoms with Crippen LogP contribution in [0.1, 0.15) is 41.0 Å². The fourth-order valence-corrected chi connectivity index (χ4v) is 1.24. The highest BCUT2D eigenvalue weighted by Crippen LogP contribution is 2.04. The van der Waals surface area contributed by atoms with Gasteiger partial charge in [0.1, 0.15) is 0 Å². The average molecular weight is 231 g/mol. The van der Waals surface area contributed by atoms with Gasteiger partial charge in [0.05, 0.1) is 12.7 Å². The van der Waals surface area contributed by atoms with Gasteiger partial charge in [0, 0.05) is 25.8 Å². The molecule has 0 spiro atoms. The fraction of sp³-hybridized carbons (Fsp3) is 1.00. The van der Waals surface area contributed by atoms with Gasteiger partial charge in [-0.2, -0.15) is 0 Å². The molecule has 0 radical (unpaired) electrons. The molecule has 0 aromatic rings. The molecule has 1 N–H and O–H groups in total. The molecule has 0 rings (SSSR count). The zero-order valence-electron chi connectivity index (χ0n) is 11.8. The first kappa shape index (κ1) is 15.9. The maximum atomic E-state index is 5.80. The minimum Gasteiger partial charge on any atom is -0.382 e. The van der Waals surface area contributed by atoms with Gasteiger partial charge < -0.3 is 14.8 Å². The van der Waals surface area contributed by atoms with E-state index in [0.29, 0.717) is 12.5 Å². The van der Waals surface area contributed by atoms with Gasteiger partial charge in [-0.3, -0.25) is 0 Å². The quantitative estimate of drug-likeness (QED) is 0.696. The van der Waals surface area contributed by atoms with Crippen LogP contribution >= 0.6 is 0 Å². The van der Waals surface area contributed by atoms with Crippen LogP contribution in [0.3, 0.4) is 0 Å². The molecule has 0 heterocycles. The Hall–Kier alpha value is -0.120. The summed E-state index contributed by atoms with van der Waals surface area (Å²) in [6, 6.07) is 0. The monoisotopic (exact) mass is 231 g/mol. The number of methoxy groups -OCH3 is 1. The molecule has 0 amide bonds. The average Bonchev–Trinajstić information content (AvgIpc) is 2.12. The second kappa shape index (κ2) is 8.04. The molecular formula is C13H29NO2. The summed E-state index contributed by atoms with van der Waals surface area (Å²) in [7, 11) is 1.72. The van der Waals surface area contributed by atoms with Crippen LogP contribution in [-0.4, -0.2) is 38.5 Å². The Morgan fingerprint density at radius 3 is 2.25 bits per heavy atom. The van der Waals surface area contributed by atoms with Crippen molar-refractivity contribution in [3.63, 3.8) is 0 Å². The Kier molecular flexibility index (Phi) is 7.98. The van der Waals surface area contributed by atoms with Crippen molar-refractivity contribution in [2.75, 3.05) is 26.9 Å². The van der Waals surface area contributed by atoms with Gasteiger partial charge in [-0.05, 0) is 33.1 Å². The highest BCUT2D eigenvalue weighted by Gasteiger charge is 2.14. The minimum absolute atomic E-state index is 0.132. The Morgan fingerprint density at radius 1 is 1.19 bits per heavy atom. The van der Waals surface area contributed by atoms with Gasteiger partial charge in [0.25, 0.3) is 0 Å². The lowest BCUT2D eigenvalue weighted by atomic mass is 10.1. The van der Waals surface area contributed by atoms with Crippen LogP contribution in [0.15, 0.2) is 0 Å². The van der Waals surface area contributed by atoms with Gasteiger partial charge in [-0.1, -0.05) is 13.8 Å². The highest BCUT2D eigenvalue weighted by atomic mass is 16.5. The smallest absolute Gasteiger partial charge is 0.0932 e. The molecule has 0 aliphatic heterocycles. The first-order valence-electron chi connectivity index (χ1n) is 6.20. The van der Waals surface area contributed by atoms with Crippen LogP contribution in [0.25, 0.3) is 0 Å². The van der Waals surface area contributed by atoms with E-state index in [-0.39, 0.29) is 11.6 Å². The Balaban J connectivity index is 3.79. The van der Waals surface area contributed by atoms with Crippen molar-refractivity contribution in [2.45, 2.75) is 52.7 Å². The molecule has 0 saturated heterocycles. The highest BCUT2D eigenvalue weighted by molar-refractivity contribution is 4.73. The molecule has 1 unspecified atom stereocenters. The summed E-state index contributed by atoms with van der Waals surface area (Å²) in [6.07, 6.45) is 1.26. The van der Waals surface area contributed by atoms with Crippen LogP contribution in [0.2, 0.25) is 0 Å². The lowest BCUT2D eigenvalue weighted by Gasteiger charge is -2.25. The molecule has 3 heteroatoms.